The molecule has 0 saturated carbocycles. The fourth-order valence-corrected chi connectivity index (χ4v) is 2.35. The Kier molecular flexibility index (Phi) is 4.74. The Morgan fingerprint density at radius 1 is 1.00 bits per heavy atom. The van der Waals surface area contributed by atoms with Crippen LogP contribution in [-0.2, 0) is 0 Å². The van der Waals surface area contributed by atoms with Gasteiger partial charge < -0.3 is 10.2 Å². The summed E-state index contributed by atoms with van der Waals surface area (Å²) >= 11 is 0. The minimum absolute atomic E-state index is 0.986. The van der Waals surface area contributed by atoms with Crippen LogP contribution in [0.15, 0.2) is 0 Å². The molecule has 13 heavy (non-hydrogen) atoms. The summed E-state index contributed by atoms with van der Waals surface area (Å²) in [6, 6.07) is 0. The lowest BCUT2D eigenvalue weighted by Crippen LogP contribution is -2.21. The summed E-state index contributed by atoms with van der Waals surface area (Å²) in [5, 5.41) is 3.49. The van der Waals surface area contributed by atoms with E-state index in [4.69, 9.17) is 0 Å². The lowest BCUT2D eigenvalue weighted by atomic mass is 9.92. The fraction of sp³-hybridized carbons (Fsp3) is 1.00. The second-order valence-electron chi connectivity index (χ2n) is 4.06. The SMILES string of the molecule is CC.CN1CCC2CNCC2CC1. The molecule has 2 unspecified atom stereocenters. The first-order valence-electron chi connectivity index (χ1n) is 5.75. The second-order valence-corrected chi connectivity index (χ2v) is 4.06. The molecule has 0 aromatic heterocycles. The topological polar surface area (TPSA) is 15.3 Å². The van der Waals surface area contributed by atoms with Gasteiger partial charge in [-0.15, -0.1) is 0 Å². The standard InChI is InChI=1S/C9H18N2.C2H6/c1-11-4-2-8-6-10-7-9(8)3-5-11;1-2/h8-10H,2-7H2,1H3;1-2H3. The quantitative estimate of drug-likeness (QED) is 0.615. The maximum absolute atomic E-state index is 3.49. The van der Waals surface area contributed by atoms with Crippen LogP contribution in [0.5, 0.6) is 0 Å². The van der Waals surface area contributed by atoms with E-state index in [9.17, 15) is 0 Å². The molecule has 2 fully saturated rings. The van der Waals surface area contributed by atoms with Crippen LogP contribution in [0.2, 0.25) is 0 Å². The Morgan fingerprint density at radius 3 is 1.92 bits per heavy atom. The van der Waals surface area contributed by atoms with Gasteiger partial charge in [0.2, 0.25) is 0 Å². The van der Waals surface area contributed by atoms with Gasteiger partial charge in [0.1, 0.15) is 0 Å². The highest BCUT2D eigenvalue weighted by Crippen LogP contribution is 2.26. The number of nitrogens with zero attached hydrogens (tertiary/aromatic N) is 1. The maximum Gasteiger partial charge on any atom is -0.00168 e. The van der Waals surface area contributed by atoms with Crippen LogP contribution >= 0.6 is 0 Å². The number of nitrogens with one attached hydrogen (secondary N) is 1. The molecule has 0 aromatic carbocycles. The lowest BCUT2D eigenvalue weighted by Gasteiger charge is -2.12. The number of hydrogen-bond donors (Lipinski definition) is 1. The average Bonchev–Trinajstić information content (AvgIpc) is 2.56. The van der Waals surface area contributed by atoms with Crippen molar-refractivity contribution in [2.45, 2.75) is 26.7 Å². The Labute approximate surface area is 82.7 Å². The maximum atomic E-state index is 3.49. The van der Waals surface area contributed by atoms with E-state index in [0.29, 0.717) is 0 Å². The van der Waals surface area contributed by atoms with Crippen molar-refractivity contribution in [3.05, 3.63) is 0 Å². The third-order valence-corrected chi connectivity index (χ3v) is 3.24. The molecule has 0 spiro atoms. The van der Waals surface area contributed by atoms with Gasteiger partial charge in [0.15, 0.2) is 0 Å². The molecule has 2 aliphatic rings. The van der Waals surface area contributed by atoms with E-state index in [1.807, 2.05) is 13.8 Å². The van der Waals surface area contributed by atoms with Crippen molar-refractivity contribution in [1.29, 1.82) is 0 Å². The summed E-state index contributed by atoms with van der Waals surface area (Å²) in [6.07, 6.45) is 2.82. The molecule has 0 bridgehead atoms. The smallest absolute Gasteiger partial charge is 0.00168 e. The van der Waals surface area contributed by atoms with E-state index in [2.05, 4.69) is 17.3 Å². The highest BCUT2D eigenvalue weighted by atomic mass is 15.1. The first kappa shape index (κ1) is 11.0. The fourth-order valence-electron chi connectivity index (χ4n) is 2.35. The molecule has 2 rings (SSSR count). The van der Waals surface area contributed by atoms with Gasteiger partial charge in [-0.2, -0.15) is 0 Å². The van der Waals surface area contributed by atoms with Crippen LogP contribution in [0.1, 0.15) is 26.7 Å². The number of likely N-dealkylation sites (tertiary alicyclic amines) is 1. The van der Waals surface area contributed by atoms with Crippen molar-refractivity contribution < 1.29 is 0 Å². The van der Waals surface area contributed by atoms with Crippen molar-refractivity contribution in [1.82, 2.24) is 10.2 Å². The molecule has 0 aromatic rings. The third kappa shape index (κ3) is 2.96. The third-order valence-electron chi connectivity index (χ3n) is 3.24. The van der Waals surface area contributed by atoms with Gasteiger partial charge in [-0.3, -0.25) is 0 Å². The van der Waals surface area contributed by atoms with E-state index in [0.717, 1.165) is 11.8 Å². The average molecular weight is 184 g/mol. The molecule has 2 heterocycles. The van der Waals surface area contributed by atoms with Crippen molar-refractivity contribution in [2.75, 3.05) is 33.2 Å². The Balaban J connectivity index is 0.000000396. The zero-order chi connectivity index (χ0) is 9.68. The molecular formula is C11H24N2. The Bertz CT molecular complexity index is 122. The van der Waals surface area contributed by atoms with Gasteiger partial charge in [-0.25, -0.2) is 0 Å². The molecule has 0 radical (unpaired) electrons. The van der Waals surface area contributed by atoms with Crippen LogP contribution in [0.4, 0.5) is 0 Å². The summed E-state index contributed by atoms with van der Waals surface area (Å²) < 4.78 is 0. The molecule has 1 N–H and O–H groups in total. The van der Waals surface area contributed by atoms with Gasteiger partial charge >= 0.3 is 0 Å². The van der Waals surface area contributed by atoms with E-state index in [-0.39, 0.29) is 0 Å². The van der Waals surface area contributed by atoms with E-state index in [1.165, 1.54) is 39.0 Å². The summed E-state index contributed by atoms with van der Waals surface area (Å²) in [7, 11) is 2.24. The van der Waals surface area contributed by atoms with Gasteiger partial charge in [0, 0.05) is 0 Å². The zero-order valence-corrected chi connectivity index (χ0v) is 9.34. The van der Waals surface area contributed by atoms with Gasteiger partial charge in [-0.1, -0.05) is 13.8 Å². The monoisotopic (exact) mass is 184 g/mol. The van der Waals surface area contributed by atoms with Crippen molar-refractivity contribution in [3.8, 4) is 0 Å². The normalized spacial score (nSPS) is 34.4. The predicted molar refractivity (Wildman–Crippen MR) is 57.9 cm³/mol. The van der Waals surface area contributed by atoms with Crippen LogP contribution in [-0.4, -0.2) is 38.1 Å². The van der Waals surface area contributed by atoms with Crippen LogP contribution in [0.25, 0.3) is 0 Å². The molecule has 2 nitrogen and oxygen atoms in total. The molecule has 78 valence electrons. The second kappa shape index (κ2) is 5.61. The van der Waals surface area contributed by atoms with Gasteiger partial charge in [0.05, 0.1) is 0 Å². The highest BCUT2D eigenvalue weighted by molar-refractivity contribution is 4.84. The van der Waals surface area contributed by atoms with Crippen molar-refractivity contribution >= 4 is 0 Å². The minimum Gasteiger partial charge on any atom is -0.316 e. The Morgan fingerprint density at radius 2 is 1.46 bits per heavy atom. The molecule has 2 saturated heterocycles. The summed E-state index contributed by atoms with van der Waals surface area (Å²) in [4.78, 5) is 2.47. The molecule has 0 aliphatic carbocycles. The lowest BCUT2D eigenvalue weighted by molar-refractivity contribution is 0.339. The highest BCUT2D eigenvalue weighted by Gasteiger charge is 2.28. The zero-order valence-electron chi connectivity index (χ0n) is 9.34. The molecular weight excluding hydrogens is 160 g/mol. The van der Waals surface area contributed by atoms with Crippen molar-refractivity contribution in [2.24, 2.45) is 11.8 Å². The summed E-state index contributed by atoms with van der Waals surface area (Å²) in [5.41, 5.74) is 0. The van der Waals surface area contributed by atoms with E-state index in [1.54, 1.807) is 0 Å². The number of fused-ring (bicyclic) bond motifs is 1. The van der Waals surface area contributed by atoms with Crippen LogP contribution in [0, 0.1) is 11.8 Å². The molecule has 2 aliphatic heterocycles. The van der Waals surface area contributed by atoms with E-state index < -0.39 is 0 Å². The largest absolute Gasteiger partial charge is 0.316 e. The van der Waals surface area contributed by atoms with Gasteiger partial charge in [-0.05, 0) is 57.9 Å². The van der Waals surface area contributed by atoms with Crippen molar-refractivity contribution in [3.63, 3.8) is 0 Å². The summed E-state index contributed by atoms with van der Waals surface area (Å²) in [5.74, 6) is 1.97. The van der Waals surface area contributed by atoms with Crippen LogP contribution < -0.4 is 5.32 Å². The van der Waals surface area contributed by atoms with E-state index >= 15 is 0 Å². The van der Waals surface area contributed by atoms with Crippen LogP contribution in [0.3, 0.4) is 0 Å². The molecule has 0 amide bonds. The van der Waals surface area contributed by atoms with Gasteiger partial charge in [0.25, 0.3) is 0 Å². The summed E-state index contributed by atoms with van der Waals surface area (Å²) in [6.45, 7) is 9.17. The number of hydrogen-bond acceptors (Lipinski definition) is 2. The Hall–Kier alpha value is -0.0800. The minimum atomic E-state index is 0.986. The molecule has 2 atom stereocenters. The molecule has 2 heteroatoms. The number of rotatable bonds is 0. The first-order valence-corrected chi connectivity index (χ1v) is 5.75. The first-order chi connectivity index (χ1) is 6.36. The predicted octanol–water partition coefficient (Wildman–Crippen LogP) is 1.57.